The zero-order chi connectivity index (χ0) is 21.8. The summed E-state index contributed by atoms with van der Waals surface area (Å²) < 4.78 is 2.60. The van der Waals surface area contributed by atoms with Crippen LogP contribution in [0.1, 0.15) is 29.7 Å². The van der Waals surface area contributed by atoms with Gasteiger partial charge in [0.05, 0.1) is 17.0 Å². The van der Waals surface area contributed by atoms with Gasteiger partial charge in [-0.2, -0.15) is 0 Å². The number of rotatable bonds is 0. The summed E-state index contributed by atoms with van der Waals surface area (Å²) in [5, 5.41) is 2.66. The van der Waals surface area contributed by atoms with Gasteiger partial charge >= 0.3 is 0 Å². The Kier molecular flexibility index (Phi) is 3.01. The Morgan fingerprint density at radius 1 is 0.788 bits per heavy atom. The predicted octanol–water partition coefficient (Wildman–Crippen LogP) is 7.40. The minimum atomic E-state index is -0.341. The minimum Gasteiger partial charge on any atom is -0.332 e. The van der Waals surface area contributed by atoms with Gasteiger partial charge in [-0.25, -0.2) is 0 Å². The van der Waals surface area contributed by atoms with E-state index >= 15 is 0 Å². The smallest absolute Gasteiger partial charge is 0.0674 e. The lowest BCUT2D eigenvalue weighted by atomic mass is 9.51. The number of fused-ring (bicyclic) bond motifs is 12. The number of para-hydroxylation sites is 2. The van der Waals surface area contributed by atoms with E-state index in [1.807, 2.05) is 6.07 Å². The number of hydrogen-bond acceptors (Lipinski definition) is 0. The summed E-state index contributed by atoms with van der Waals surface area (Å²) in [5.41, 5.74) is 8.72. The first-order valence-corrected chi connectivity index (χ1v) is 11.7. The maximum atomic E-state index is 3.63. The van der Waals surface area contributed by atoms with Crippen molar-refractivity contribution < 1.29 is 0 Å². The van der Waals surface area contributed by atoms with Gasteiger partial charge in [-0.05, 0) is 40.5 Å². The number of hydrogen-bond donors (Lipinski definition) is 0. The van der Waals surface area contributed by atoms with Crippen molar-refractivity contribution in [2.45, 2.75) is 18.4 Å². The molecule has 5 aromatic rings. The Bertz CT molecular complexity index is 1650. The van der Waals surface area contributed by atoms with Crippen LogP contribution in [0.3, 0.4) is 0 Å². The van der Waals surface area contributed by atoms with Crippen molar-refractivity contribution in [2.24, 2.45) is 5.41 Å². The van der Waals surface area contributed by atoms with E-state index in [4.69, 9.17) is 0 Å². The maximum Gasteiger partial charge on any atom is 0.0674 e. The van der Waals surface area contributed by atoms with Crippen molar-refractivity contribution >= 4 is 21.8 Å². The fourth-order valence-electron chi connectivity index (χ4n) is 7.29. The number of allylic oxidation sites excluding steroid dienone is 4. The average Bonchev–Trinajstić information content (AvgIpc) is 3.36. The van der Waals surface area contributed by atoms with Crippen LogP contribution in [-0.4, -0.2) is 4.57 Å². The summed E-state index contributed by atoms with van der Waals surface area (Å²) in [6.45, 7) is 2.45. The third-order valence-corrected chi connectivity index (χ3v) is 8.48. The standard InChI is InChI=1S/C32H21N/c1-31-20-9-8-19-29(31)33-28-18-7-4-13-23(28)24-14-10-17-27(30(24)33)32(31)25-15-5-2-11-21(25)22-12-3-6-16-26(22)32/h2-5,7-15,17-20,29H,1H3. The molecule has 0 amide bonds. The van der Waals surface area contributed by atoms with E-state index in [1.165, 1.54) is 49.6 Å². The third kappa shape index (κ3) is 1.75. The van der Waals surface area contributed by atoms with Crippen LogP contribution in [0.25, 0.3) is 32.9 Å². The van der Waals surface area contributed by atoms with Crippen LogP contribution in [0.15, 0.2) is 103 Å². The van der Waals surface area contributed by atoms with Crippen LogP contribution in [0.4, 0.5) is 0 Å². The van der Waals surface area contributed by atoms with Crippen molar-refractivity contribution in [1.82, 2.24) is 4.57 Å². The molecule has 8 rings (SSSR count). The lowest BCUT2D eigenvalue weighted by Crippen LogP contribution is -2.51. The van der Waals surface area contributed by atoms with Crippen LogP contribution < -0.4 is 0 Å². The van der Waals surface area contributed by atoms with E-state index in [2.05, 4.69) is 121 Å². The van der Waals surface area contributed by atoms with Gasteiger partial charge in [-0.3, -0.25) is 0 Å². The largest absolute Gasteiger partial charge is 0.332 e. The van der Waals surface area contributed by atoms with Gasteiger partial charge in [-0.1, -0.05) is 104 Å². The normalized spacial score (nSPS) is 22.9. The first-order chi connectivity index (χ1) is 16.3. The van der Waals surface area contributed by atoms with Gasteiger partial charge in [-0.15, -0.1) is 0 Å². The molecular weight excluding hydrogens is 398 g/mol. The van der Waals surface area contributed by atoms with Crippen molar-refractivity contribution in [3.8, 4) is 11.1 Å². The molecule has 1 aromatic heterocycles. The molecule has 0 radical (unpaired) electrons. The molecule has 2 aliphatic carbocycles. The third-order valence-electron chi connectivity index (χ3n) is 8.48. The van der Waals surface area contributed by atoms with Gasteiger partial charge < -0.3 is 4.57 Å². The molecular formula is C32H21N. The van der Waals surface area contributed by atoms with E-state index in [0.29, 0.717) is 0 Å². The summed E-state index contributed by atoms with van der Waals surface area (Å²) in [5.74, 6) is 0. The first-order valence-electron chi connectivity index (χ1n) is 11.7. The molecule has 3 aliphatic rings. The maximum absolute atomic E-state index is 3.63. The Hall–Kier alpha value is -4.02. The lowest BCUT2D eigenvalue weighted by Gasteiger charge is -2.54. The quantitative estimate of drug-likeness (QED) is 0.246. The molecule has 0 saturated carbocycles. The molecule has 0 fully saturated rings. The monoisotopic (exact) mass is 419 g/mol. The number of aromatic nitrogens is 1. The summed E-state index contributed by atoms with van der Waals surface area (Å²) in [7, 11) is 0. The molecule has 3 unspecified atom stereocenters. The predicted molar refractivity (Wildman–Crippen MR) is 134 cm³/mol. The molecule has 3 atom stereocenters. The summed E-state index contributed by atoms with van der Waals surface area (Å²) in [4.78, 5) is 0. The van der Waals surface area contributed by atoms with Crippen molar-refractivity contribution in [3.63, 3.8) is 0 Å². The lowest BCUT2D eigenvalue weighted by molar-refractivity contribution is 0.205. The number of nitrogens with zero attached hydrogens (tertiary/aromatic N) is 1. The Labute approximate surface area is 193 Å². The Morgan fingerprint density at radius 3 is 2.58 bits per heavy atom. The molecule has 1 aliphatic heterocycles. The second kappa shape index (κ2) is 5.66. The van der Waals surface area contributed by atoms with Crippen LogP contribution in [0.5, 0.6) is 0 Å². The Morgan fingerprint density at radius 2 is 1.61 bits per heavy atom. The van der Waals surface area contributed by atoms with Gasteiger partial charge in [0.25, 0.3) is 0 Å². The molecule has 1 heteroatoms. The minimum absolute atomic E-state index is 0.187. The highest BCUT2D eigenvalue weighted by Crippen LogP contribution is 2.68. The highest BCUT2D eigenvalue weighted by atomic mass is 15.1. The molecule has 4 aromatic carbocycles. The fourth-order valence-corrected chi connectivity index (χ4v) is 7.29. The van der Waals surface area contributed by atoms with Crippen LogP contribution in [0, 0.1) is 17.5 Å². The van der Waals surface area contributed by atoms with Crippen LogP contribution in [-0.2, 0) is 5.41 Å². The molecule has 154 valence electrons. The topological polar surface area (TPSA) is 4.93 Å². The second-order valence-corrected chi connectivity index (χ2v) is 9.75. The fraction of sp³-hybridized carbons (Fsp3) is 0.125. The molecule has 33 heavy (non-hydrogen) atoms. The molecule has 1 nitrogen and oxygen atoms in total. The Balaban J connectivity index is 1.68. The van der Waals surface area contributed by atoms with Crippen LogP contribution >= 0.6 is 0 Å². The summed E-state index contributed by atoms with van der Waals surface area (Å²) >= 11 is 0. The van der Waals surface area contributed by atoms with Gasteiger partial charge in [0.1, 0.15) is 0 Å². The molecule has 0 bridgehead atoms. The molecule has 1 spiro atoms. The van der Waals surface area contributed by atoms with E-state index in [9.17, 15) is 0 Å². The summed E-state index contributed by atoms with van der Waals surface area (Å²) in [6.07, 6.45) is 9.30. The van der Waals surface area contributed by atoms with E-state index in [0.717, 1.165) is 0 Å². The molecule has 2 heterocycles. The van der Waals surface area contributed by atoms with E-state index in [1.54, 1.807) is 0 Å². The number of benzene rings is 3. The van der Waals surface area contributed by atoms with Crippen LogP contribution in [0.2, 0.25) is 0 Å². The van der Waals surface area contributed by atoms with Crippen molar-refractivity contribution in [1.29, 1.82) is 0 Å². The molecule has 0 N–H and O–H groups in total. The van der Waals surface area contributed by atoms with Gasteiger partial charge in [0.15, 0.2) is 0 Å². The highest BCUT2D eigenvalue weighted by molar-refractivity contribution is 6.11. The zero-order valence-corrected chi connectivity index (χ0v) is 18.3. The van der Waals surface area contributed by atoms with Gasteiger partial charge in [0, 0.05) is 27.3 Å². The zero-order valence-electron chi connectivity index (χ0n) is 18.3. The van der Waals surface area contributed by atoms with E-state index < -0.39 is 0 Å². The van der Waals surface area contributed by atoms with Crippen molar-refractivity contribution in [3.05, 3.63) is 132 Å². The second-order valence-electron chi connectivity index (χ2n) is 9.75. The van der Waals surface area contributed by atoms with E-state index in [-0.39, 0.29) is 16.9 Å². The SMILES string of the molecule is CC12C=CC=CC1n1c3ccccc3c3cccc(c31)C21c2c#cccc2-c2ccccc21. The van der Waals surface area contributed by atoms with Gasteiger partial charge in [0.2, 0.25) is 0 Å². The average molecular weight is 420 g/mol. The van der Waals surface area contributed by atoms with Crippen molar-refractivity contribution in [2.75, 3.05) is 0 Å². The first kappa shape index (κ1) is 17.5. The summed E-state index contributed by atoms with van der Waals surface area (Å²) in [6, 6.07) is 36.1. The molecule has 0 saturated heterocycles. The highest BCUT2D eigenvalue weighted by Gasteiger charge is 2.62.